The van der Waals surface area contributed by atoms with Crippen LogP contribution in [0.5, 0.6) is 0 Å². The number of carbonyl (C=O) groups excluding carboxylic acids is 1. The maximum Gasteiger partial charge on any atom is 0.271 e. The number of likely N-dealkylation sites (tertiary alicyclic amines) is 1. The molecule has 0 spiro atoms. The monoisotopic (exact) mass is 317 g/mol. The molecule has 1 fully saturated rings. The average molecular weight is 317 g/mol. The van der Waals surface area contributed by atoms with Gasteiger partial charge in [0.25, 0.3) is 11.5 Å². The third kappa shape index (κ3) is 2.17. The van der Waals surface area contributed by atoms with E-state index in [9.17, 15) is 9.59 Å². The van der Waals surface area contributed by atoms with Crippen LogP contribution < -0.4 is 5.56 Å². The van der Waals surface area contributed by atoms with Gasteiger partial charge in [-0.2, -0.15) is 0 Å². The van der Waals surface area contributed by atoms with Crippen molar-refractivity contribution in [3.05, 3.63) is 32.7 Å². The fourth-order valence-electron chi connectivity index (χ4n) is 3.48. The van der Waals surface area contributed by atoms with E-state index in [1.807, 2.05) is 0 Å². The zero-order chi connectivity index (χ0) is 15.1. The molecule has 3 heterocycles. The minimum absolute atomic E-state index is 0.155. The summed E-state index contributed by atoms with van der Waals surface area (Å²) in [4.78, 5) is 33.6. The van der Waals surface area contributed by atoms with E-state index < -0.39 is 0 Å². The summed E-state index contributed by atoms with van der Waals surface area (Å²) in [6, 6.07) is 0. The average Bonchev–Trinajstić information content (AvgIpc) is 3.11. The number of amides is 1. The van der Waals surface area contributed by atoms with E-state index in [0.717, 1.165) is 55.8 Å². The van der Waals surface area contributed by atoms with Gasteiger partial charge in [0.15, 0.2) is 4.96 Å². The summed E-state index contributed by atoms with van der Waals surface area (Å²) in [5.41, 5.74) is 1.14. The summed E-state index contributed by atoms with van der Waals surface area (Å²) < 4.78 is 1.70. The van der Waals surface area contributed by atoms with Gasteiger partial charge in [-0.1, -0.05) is 6.42 Å². The van der Waals surface area contributed by atoms with Gasteiger partial charge in [0.1, 0.15) is 5.56 Å². The van der Waals surface area contributed by atoms with E-state index in [-0.39, 0.29) is 17.0 Å². The van der Waals surface area contributed by atoms with Gasteiger partial charge in [-0.15, -0.1) is 11.3 Å². The molecule has 2 aromatic heterocycles. The van der Waals surface area contributed by atoms with E-state index in [2.05, 4.69) is 4.98 Å². The van der Waals surface area contributed by atoms with Gasteiger partial charge in [0.2, 0.25) is 0 Å². The van der Waals surface area contributed by atoms with Crippen molar-refractivity contribution >= 4 is 22.2 Å². The molecular weight excluding hydrogens is 298 g/mol. The number of hydrogen-bond acceptors (Lipinski definition) is 4. The lowest BCUT2D eigenvalue weighted by Gasteiger charge is -2.14. The Morgan fingerprint density at radius 2 is 1.86 bits per heavy atom. The van der Waals surface area contributed by atoms with Crippen LogP contribution >= 0.6 is 11.3 Å². The maximum atomic E-state index is 12.9. The van der Waals surface area contributed by atoms with Crippen molar-refractivity contribution in [1.29, 1.82) is 0 Å². The molecule has 0 N–H and O–H groups in total. The molecule has 22 heavy (non-hydrogen) atoms. The van der Waals surface area contributed by atoms with Crippen LogP contribution in [0.4, 0.5) is 0 Å². The van der Waals surface area contributed by atoms with Crippen LogP contribution in [0.1, 0.15) is 53.0 Å². The normalized spacial score (nSPS) is 18.5. The van der Waals surface area contributed by atoms with Gasteiger partial charge >= 0.3 is 0 Å². The molecule has 6 heteroatoms. The largest absolute Gasteiger partial charge is 0.338 e. The Labute approximate surface area is 132 Å². The first kappa shape index (κ1) is 13.9. The molecule has 0 radical (unpaired) electrons. The standard InChI is InChI=1S/C16H19N3O2S/c20-14(18-8-4-5-9-18)11-10-17-16-19(15(11)21)12-6-2-1-3-7-13(12)22-16/h10H,1-9H2. The molecule has 1 aliphatic carbocycles. The summed E-state index contributed by atoms with van der Waals surface area (Å²) in [6.07, 6.45) is 8.96. The van der Waals surface area contributed by atoms with Crippen LogP contribution in [0, 0.1) is 0 Å². The molecule has 2 aromatic rings. The Hall–Kier alpha value is -1.69. The highest BCUT2D eigenvalue weighted by atomic mass is 32.1. The van der Waals surface area contributed by atoms with Crippen molar-refractivity contribution in [3.63, 3.8) is 0 Å². The Morgan fingerprint density at radius 1 is 1.09 bits per heavy atom. The SMILES string of the molecule is O=C(c1cnc2sc3c(n2c1=O)CCCCC3)N1CCCC1. The molecular formula is C16H19N3O2S. The quantitative estimate of drug-likeness (QED) is 0.758. The highest BCUT2D eigenvalue weighted by molar-refractivity contribution is 7.17. The highest BCUT2D eigenvalue weighted by Gasteiger charge is 2.25. The van der Waals surface area contributed by atoms with Gasteiger partial charge in [-0.25, -0.2) is 4.98 Å². The minimum Gasteiger partial charge on any atom is -0.338 e. The number of hydrogen-bond donors (Lipinski definition) is 0. The predicted octanol–water partition coefficient (Wildman–Crippen LogP) is 2.26. The van der Waals surface area contributed by atoms with Gasteiger partial charge in [0, 0.05) is 29.9 Å². The summed E-state index contributed by atoms with van der Waals surface area (Å²) in [7, 11) is 0. The maximum absolute atomic E-state index is 12.9. The van der Waals surface area contributed by atoms with Gasteiger partial charge in [0.05, 0.1) is 0 Å². The molecule has 1 aliphatic heterocycles. The first-order chi connectivity index (χ1) is 10.8. The number of rotatable bonds is 1. The zero-order valence-corrected chi connectivity index (χ0v) is 13.3. The van der Waals surface area contributed by atoms with Crippen molar-refractivity contribution in [2.45, 2.75) is 44.9 Å². The summed E-state index contributed by atoms with van der Waals surface area (Å²) in [6.45, 7) is 1.51. The second-order valence-electron chi connectivity index (χ2n) is 6.13. The summed E-state index contributed by atoms with van der Waals surface area (Å²) >= 11 is 1.61. The molecule has 0 saturated carbocycles. The van der Waals surface area contributed by atoms with Crippen LogP contribution in [-0.2, 0) is 12.8 Å². The van der Waals surface area contributed by atoms with Crippen molar-refractivity contribution in [2.24, 2.45) is 0 Å². The zero-order valence-electron chi connectivity index (χ0n) is 12.5. The van der Waals surface area contributed by atoms with Crippen molar-refractivity contribution in [1.82, 2.24) is 14.3 Å². The fourth-order valence-corrected chi connectivity index (χ4v) is 4.65. The Balaban J connectivity index is 1.84. The van der Waals surface area contributed by atoms with Crippen LogP contribution in [0.15, 0.2) is 11.0 Å². The molecule has 1 amide bonds. The third-order valence-corrected chi connectivity index (χ3v) is 5.83. The van der Waals surface area contributed by atoms with E-state index in [1.54, 1.807) is 20.6 Å². The van der Waals surface area contributed by atoms with E-state index in [4.69, 9.17) is 0 Å². The number of aromatic nitrogens is 2. The first-order valence-corrected chi connectivity index (χ1v) is 8.89. The van der Waals surface area contributed by atoms with Crippen LogP contribution in [0.2, 0.25) is 0 Å². The van der Waals surface area contributed by atoms with Gasteiger partial charge < -0.3 is 4.90 Å². The lowest BCUT2D eigenvalue weighted by molar-refractivity contribution is 0.0790. The first-order valence-electron chi connectivity index (χ1n) is 8.07. The fraction of sp³-hybridized carbons (Fsp3) is 0.562. The number of carbonyl (C=O) groups is 1. The molecule has 0 atom stereocenters. The summed E-state index contributed by atoms with van der Waals surface area (Å²) in [5.74, 6) is -0.155. The number of thiazole rings is 1. The molecule has 0 unspecified atom stereocenters. The van der Waals surface area contributed by atoms with Crippen LogP contribution in [0.3, 0.4) is 0 Å². The van der Waals surface area contributed by atoms with Crippen molar-refractivity contribution in [3.8, 4) is 0 Å². The van der Waals surface area contributed by atoms with Gasteiger partial charge in [-0.3, -0.25) is 14.0 Å². The number of aryl methyl sites for hydroxylation is 2. The van der Waals surface area contributed by atoms with E-state index in [0.29, 0.717) is 0 Å². The van der Waals surface area contributed by atoms with Gasteiger partial charge in [-0.05, 0) is 38.5 Å². The molecule has 4 rings (SSSR count). The lowest BCUT2D eigenvalue weighted by Crippen LogP contribution is -2.34. The van der Waals surface area contributed by atoms with Crippen molar-refractivity contribution < 1.29 is 4.79 Å². The molecule has 0 aromatic carbocycles. The number of fused-ring (bicyclic) bond motifs is 3. The molecule has 2 aliphatic rings. The highest BCUT2D eigenvalue weighted by Crippen LogP contribution is 2.27. The topological polar surface area (TPSA) is 54.7 Å². The Morgan fingerprint density at radius 3 is 2.68 bits per heavy atom. The molecule has 1 saturated heterocycles. The number of nitrogens with zero attached hydrogens (tertiary/aromatic N) is 3. The third-order valence-electron chi connectivity index (χ3n) is 4.68. The predicted molar refractivity (Wildman–Crippen MR) is 85.7 cm³/mol. The van der Waals surface area contributed by atoms with Crippen LogP contribution in [-0.4, -0.2) is 33.3 Å². The molecule has 116 valence electrons. The second kappa shape index (κ2) is 5.50. The van der Waals surface area contributed by atoms with Crippen molar-refractivity contribution in [2.75, 3.05) is 13.1 Å². The lowest BCUT2D eigenvalue weighted by atomic mass is 10.2. The second-order valence-corrected chi connectivity index (χ2v) is 7.19. The molecule has 0 bridgehead atoms. The Bertz CT molecular complexity index is 787. The minimum atomic E-state index is -0.179. The molecule has 5 nitrogen and oxygen atoms in total. The van der Waals surface area contributed by atoms with E-state index >= 15 is 0 Å². The smallest absolute Gasteiger partial charge is 0.271 e. The van der Waals surface area contributed by atoms with Crippen LogP contribution in [0.25, 0.3) is 4.96 Å². The Kier molecular flexibility index (Phi) is 3.48. The summed E-state index contributed by atoms with van der Waals surface area (Å²) in [5, 5.41) is 0. The van der Waals surface area contributed by atoms with E-state index in [1.165, 1.54) is 23.9 Å².